The van der Waals surface area contributed by atoms with Gasteiger partial charge in [0.05, 0.1) is 12.7 Å². The zero-order valence-corrected chi connectivity index (χ0v) is 12.9. The second-order valence-corrected chi connectivity index (χ2v) is 6.12. The van der Waals surface area contributed by atoms with Crippen LogP contribution in [-0.4, -0.2) is 27.1 Å². The lowest BCUT2D eigenvalue weighted by molar-refractivity contribution is 0.416. The molecule has 0 bridgehead atoms. The molecule has 0 saturated heterocycles. The maximum absolute atomic E-state index is 5.41. The molecule has 0 spiro atoms. The fraction of sp³-hybridized carbons (Fsp3) is 0.333. The summed E-state index contributed by atoms with van der Waals surface area (Å²) in [6.45, 7) is 8.77. The van der Waals surface area contributed by atoms with Gasteiger partial charge in [-0.25, -0.2) is 0 Å². The first-order chi connectivity index (χ1) is 9.67. The van der Waals surface area contributed by atoms with Gasteiger partial charge in [0.1, 0.15) is 5.75 Å². The third-order valence-electron chi connectivity index (χ3n) is 2.72. The van der Waals surface area contributed by atoms with E-state index in [1.165, 1.54) is 0 Å². The Morgan fingerprint density at radius 2 is 2.10 bits per heavy atom. The van der Waals surface area contributed by atoms with Gasteiger partial charge in [-0.3, -0.25) is 4.57 Å². The molecule has 0 saturated carbocycles. The number of nitrogens with zero attached hydrogens (tertiary/aromatic N) is 3. The van der Waals surface area contributed by atoms with E-state index < -0.39 is 0 Å². The van der Waals surface area contributed by atoms with Gasteiger partial charge in [0.2, 0.25) is 0 Å². The standard InChI is InChI=1S/C15H19N3OS/c1-5-10-18-14(16-17-15(18)20-11(2)3)12-8-6-7-9-13(12)19-4/h5-9,11H,1,10H2,2-4H3. The molecular weight excluding hydrogens is 270 g/mol. The molecule has 106 valence electrons. The topological polar surface area (TPSA) is 39.9 Å². The minimum Gasteiger partial charge on any atom is -0.496 e. The molecular formula is C15H19N3OS. The number of allylic oxidation sites excluding steroid dienone is 1. The number of hydrogen-bond acceptors (Lipinski definition) is 4. The quantitative estimate of drug-likeness (QED) is 0.601. The fourth-order valence-electron chi connectivity index (χ4n) is 1.91. The van der Waals surface area contributed by atoms with Gasteiger partial charge < -0.3 is 4.74 Å². The van der Waals surface area contributed by atoms with Crippen LogP contribution in [-0.2, 0) is 6.54 Å². The average molecular weight is 289 g/mol. The van der Waals surface area contributed by atoms with E-state index in [-0.39, 0.29) is 0 Å². The summed E-state index contributed by atoms with van der Waals surface area (Å²) >= 11 is 1.69. The van der Waals surface area contributed by atoms with Gasteiger partial charge in [0.25, 0.3) is 0 Å². The summed E-state index contributed by atoms with van der Waals surface area (Å²) in [6, 6.07) is 7.84. The van der Waals surface area contributed by atoms with E-state index in [0.29, 0.717) is 11.8 Å². The van der Waals surface area contributed by atoms with Crippen molar-refractivity contribution in [2.24, 2.45) is 0 Å². The van der Waals surface area contributed by atoms with E-state index in [9.17, 15) is 0 Å². The summed E-state index contributed by atoms with van der Waals surface area (Å²) in [7, 11) is 1.66. The highest BCUT2D eigenvalue weighted by molar-refractivity contribution is 7.99. The summed E-state index contributed by atoms with van der Waals surface area (Å²) < 4.78 is 7.47. The van der Waals surface area contributed by atoms with E-state index in [0.717, 1.165) is 22.3 Å². The Labute approximate surface area is 123 Å². The molecule has 0 amide bonds. The minimum absolute atomic E-state index is 0.452. The molecule has 1 heterocycles. The summed E-state index contributed by atoms with van der Waals surface area (Å²) in [5.41, 5.74) is 0.944. The SMILES string of the molecule is C=CCn1c(SC(C)C)nnc1-c1ccccc1OC. The first-order valence-corrected chi connectivity index (χ1v) is 7.39. The Hall–Kier alpha value is -1.75. The Bertz CT molecular complexity index is 593. The largest absolute Gasteiger partial charge is 0.496 e. The van der Waals surface area contributed by atoms with Crippen LogP contribution in [0.5, 0.6) is 5.75 Å². The predicted octanol–water partition coefficient (Wildman–Crippen LogP) is 3.64. The lowest BCUT2D eigenvalue weighted by atomic mass is 10.2. The van der Waals surface area contributed by atoms with Crippen molar-refractivity contribution in [1.29, 1.82) is 0 Å². The van der Waals surface area contributed by atoms with Crippen LogP contribution < -0.4 is 4.74 Å². The number of methoxy groups -OCH3 is 1. The molecule has 5 heteroatoms. The number of rotatable bonds is 6. The summed E-state index contributed by atoms with van der Waals surface area (Å²) in [4.78, 5) is 0. The van der Waals surface area contributed by atoms with Crippen molar-refractivity contribution >= 4 is 11.8 Å². The zero-order valence-electron chi connectivity index (χ0n) is 12.0. The molecule has 0 aliphatic heterocycles. The molecule has 0 atom stereocenters. The van der Waals surface area contributed by atoms with Crippen LogP contribution in [0.15, 0.2) is 42.1 Å². The second kappa shape index (κ2) is 6.61. The molecule has 1 aromatic carbocycles. The average Bonchev–Trinajstić information content (AvgIpc) is 2.81. The van der Waals surface area contributed by atoms with Gasteiger partial charge in [-0.1, -0.05) is 43.8 Å². The third kappa shape index (κ3) is 3.04. The van der Waals surface area contributed by atoms with Crippen molar-refractivity contribution < 1.29 is 4.74 Å². The molecule has 0 fully saturated rings. The summed E-state index contributed by atoms with van der Waals surface area (Å²) in [5, 5.41) is 9.99. The minimum atomic E-state index is 0.452. The maximum atomic E-state index is 5.41. The molecule has 0 unspecified atom stereocenters. The molecule has 2 rings (SSSR count). The van der Waals surface area contributed by atoms with Crippen LogP contribution in [0.2, 0.25) is 0 Å². The highest BCUT2D eigenvalue weighted by Gasteiger charge is 2.17. The molecule has 4 nitrogen and oxygen atoms in total. The monoisotopic (exact) mass is 289 g/mol. The second-order valence-electron chi connectivity index (χ2n) is 4.57. The molecule has 0 N–H and O–H groups in total. The fourth-order valence-corrected chi connectivity index (χ4v) is 2.71. The van der Waals surface area contributed by atoms with Crippen molar-refractivity contribution in [1.82, 2.24) is 14.8 Å². The number of para-hydroxylation sites is 1. The van der Waals surface area contributed by atoms with Crippen LogP contribution in [0, 0.1) is 0 Å². The molecule has 0 aliphatic carbocycles. The highest BCUT2D eigenvalue weighted by atomic mass is 32.2. The number of thioether (sulfide) groups is 1. The lowest BCUT2D eigenvalue weighted by Gasteiger charge is -2.11. The van der Waals surface area contributed by atoms with Crippen molar-refractivity contribution in [3.63, 3.8) is 0 Å². The van der Waals surface area contributed by atoms with Crippen LogP contribution in [0.4, 0.5) is 0 Å². The predicted molar refractivity (Wildman–Crippen MR) is 83.2 cm³/mol. The Kier molecular flexibility index (Phi) is 4.84. The van der Waals surface area contributed by atoms with Gasteiger partial charge in [0, 0.05) is 11.8 Å². The Morgan fingerprint density at radius 3 is 2.75 bits per heavy atom. The van der Waals surface area contributed by atoms with E-state index >= 15 is 0 Å². The molecule has 0 aliphatic rings. The van der Waals surface area contributed by atoms with E-state index in [1.54, 1.807) is 18.9 Å². The van der Waals surface area contributed by atoms with Crippen LogP contribution >= 0.6 is 11.8 Å². The van der Waals surface area contributed by atoms with Gasteiger partial charge in [-0.05, 0) is 12.1 Å². The number of ether oxygens (including phenoxy) is 1. The molecule has 1 aromatic heterocycles. The van der Waals surface area contributed by atoms with Gasteiger partial charge in [0.15, 0.2) is 11.0 Å². The van der Waals surface area contributed by atoms with E-state index in [4.69, 9.17) is 4.74 Å². The highest BCUT2D eigenvalue weighted by Crippen LogP contribution is 2.31. The van der Waals surface area contributed by atoms with Crippen molar-refractivity contribution in [3.05, 3.63) is 36.9 Å². The van der Waals surface area contributed by atoms with E-state index in [1.807, 2.05) is 30.3 Å². The third-order valence-corrected chi connectivity index (χ3v) is 3.70. The van der Waals surface area contributed by atoms with Crippen molar-refractivity contribution in [2.45, 2.75) is 30.8 Å². The molecule has 2 aromatic rings. The van der Waals surface area contributed by atoms with Crippen LogP contribution in [0.1, 0.15) is 13.8 Å². The number of benzene rings is 1. The lowest BCUT2D eigenvalue weighted by Crippen LogP contribution is -2.03. The van der Waals surface area contributed by atoms with E-state index in [2.05, 4.69) is 35.2 Å². The van der Waals surface area contributed by atoms with Crippen LogP contribution in [0.25, 0.3) is 11.4 Å². The number of aromatic nitrogens is 3. The maximum Gasteiger partial charge on any atom is 0.192 e. The number of hydrogen-bond donors (Lipinski definition) is 0. The van der Waals surface area contributed by atoms with Gasteiger partial charge in [-0.15, -0.1) is 16.8 Å². The smallest absolute Gasteiger partial charge is 0.192 e. The molecule has 0 radical (unpaired) electrons. The summed E-state index contributed by atoms with van der Waals surface area (Å²) in [5.74, 6) is 1.61. The van der Waals surface area contributed by atoms with Crippen LogP contribution in [0.3, 0.4) is 0 Å². The van der Waals surface area contributed by atoms with Crippen molar-refractivity contribution in [3.8, 4) is 17.1 Å². The molecule has 20 heavy (non-hydrogen) atoms. The van der Waals surface area contributed by atoms with Gasteiger partial charge >= 0.3 is 0 Å². The Morgan fingerprint density at radius 1 is 1.35 bits per heavy atom. The zero-order chi connectivity index (χ0) is 14.5. The Balaban J connectivity index is 2.50. The summed E-state index contributed by atoms with van der Waals surface area (Å²) in [6.07, 6.45) is 1.85. The normalized spacial score (nSPS) is 10.8. The first kappa shape index (κ1) is 14.7. The first-order valence-electron chi connectivity index (χ1n) is 6.51. The van der Waals surface area contributed by atoms with Gasteiger partial charge in [-0.2, -0.15) is 0 Å². The van der Waals surface area contributed by atoms with Crippen molar-refractivity contribution in [2.75, 3.05) is 7.11 Å².